The van der Waals surface area contributed by atoms with Crippen LogP contribution in [0.15, 0.2) is 54.7 Å². The summed E-state index contributed by atoms with van der Waals surface area (Å²) in [7, 11) is 4.75. The van der Waals surface area contributed by atoms with Gasteiger partial charge in [0.25, 0.3) is 0 Å². The van der Waals surface area contributed by atoms with Crippen LogP contribution >= 0.6 is 0 Å². The van der Waals surface area contributed by atoms with Crippen LogP contribution in [0.3, 0.4) is 0 Å². The third-order valence-electron chi connectivity index (χ3n) is 25.0. The Kier molecular flexibility index (Phi) is 79.8. The summed E-state index contributed by atoms with van der Waals surface area (Å²) in [6.07, 6.45) is 38.3. The Morgan fingerprint density at radius 1 is 0.340 bits per heavy atom. The highest BCUT2D eigenvalue weighted by atomic mass is 16.7. The van der Waals surface area contributed by atoms with E-state index in [9.17, 15) is 25.2 Å². The van der Waals surface area contributed by atoms with Crippen LogP contribution in [-0.4, -0.2) is 328 Å². The zero-order chi connectivity index (χ0) is 108. The molecular formula is C113H190N4O33. The molecule has 150 heavy (non-hydrogen) atoms. The fraction of sp³-hybridized carbons (Fsp3) is 0.779. The smallest absolute Gasteiger partial charge is 0.338 e. The van der Waals surface area contributed by atoms with E-state index in [2.05, 4.69) is 43.3 Å². The van der Waals surface area contributed by atoms with E-state index in [0.717, 1.165) is 103 Å². The molecule has 5 rings (SSSR count). The lowest BCUT2D eigenvalue weighted by Crippen LogP contribution is -2.59. The van der Waals surface area contributed by atoms with E-state index in [1.807, 2.05) is 0 Å². The minimum atomic E-state index is -2.21. The van der Waals surface area contributed by atoms with Crippen LogP contribution in [0.4, 0.5) is 0 Å². The number of hydrogen-bond acceptors (Lipinski definition) is 35. The molecule has 0 saturated carbocycles. The van der Waals surface area contributed by atoms with E-state index >= 15 is 19.2 Å². The van der Waals surface area contributed by atoms with Crippen molar-refractivity contribution in [3.8, 4) is 40.2 Å². The van der Waals surface area contributed by atoms with Crippen molar-refractivity contribution >= 4 is 29.8 Å². The maximum Gasteiger partial charge on any atom is 0.338 e. The van der Waals surface area contributed by atoms with Crippen LogP contribution in [0.5, 0.6) is 40.2 Å². The highest BCUT2D eigenvalue weighted by Crippen LogP contribution is 2.40. The van der Waals surface area contributed by atoms with Gasteiger partial charge in [-0.3, -0.25) is 9.59 Å². The molecule has 1 aromatic heterocycles. The molecular weight excluding hydrogens is 1940 g/mol. The molecule has 37 heteroatoms. The summed E-state index contributed by atoms with van der Waals surface area (Å²) in [6.45, 7) is 11.5. The number of hydrogen-bond donors (Lipinski definition) is 5. The van der Waals surface area contributed by atoms with Gasteiger partial charge in [0.05, 0.1) is 201 Å². The Morgan fingerprint density at radius 3 is 1.00 bits per heavy atom. The van der Waals surface area contributed by atoms with Gasteiger partial charge < -0.3 is 139 Å². The average Bonchev–Trinajstić information content (AvgIpc) is 0.859. The lowest BCUT2D eigenvalue weighted by molar-refractivity contribution is -0.302. The first-order valence-corrected chi connectivity index (χ1v) is 56.3. The molecule has 3 aromatic carbocycles. The lowest BCUT2D eigenvalue weighted by Gasteiger charge is -2.39. The summed E-state index contributed by atoms with van der Waals surface area (Å²) in [5.74, 6) is -3.03. The molecule has 1 aliphatic heterocycles. The zero-order valence-corrected chi connectivity index (χ0v) is 92.1. The fourth-order valence-electron chi connectivity index (χ4n) is 16.2. The number of benzene rings is 3. The maximum atomic E-state index is 15.6. The van der Waals surface area contributed by atoms with Gasteiger partial charge in [-0.1, -0.05) is 264 Å². The van der Waals surface area contributed by atoms with E-state index in [-0.39, 0.29) is 158 Å². The number of carbonyl (C=O) groups excluding carboxylic acids is 5. The summed E-state index contributed by atoms with van der Waals surface area (Å²) in [5.41, 5.74) is -2.07. The van der Waals surface area contributed by atoms with Gasteiger partial charge in [0.15, 0.2) is 17.8 Å². The monoisotopic (exact) mass is 2130 g/mol. The number of rotatable bonds is 104. The standard InChI is InChI=1S/C113H190N4O33/c1-8-12-16-20-24-28-32-36-40-44-51-138-96-78-92(79-97(84-96)139-52-45-41-37-33-29-25-21-17-13-9-2)109(124)147-89-113(114-103(119)48-49-104(120)146-88-95-86-117(116-115-95)50-55-130-62-63-137-73-77-145-112-107(123)106(122)105(121)102(87-118)150-112,90-148-110(125)93-80-98(140-53-46-42-38-34-30-26-22-18-14-10-3)85-99(81-93)141-54-47-43-39-35-31-27-23-19-15-11-4)91-149-111(126)94-82-100(142-74-70-134-67-64-131-59-56-127-5)108(144-76-72-136-69-66-133-61-58-129-7)101(83-94)143-75-71-135-68-65-132-60-57-128-6/h78-86,102,105-107,112,118,121-123H,8-77,87-91H2,1-7H3,(H,114,119)/t102-,105+,106+,107-,112-/m1/s1. The van der Waals surface area contributed by atoms with Gasteiger partial charge in [-0.2, -0.15) is 0 Å². The second kappa shape index (κ2) is 90.3. The second-order valence-corrected chi connectivity index (χ2v) is 38.0. The first-order valence-electron chi connectivity index (χ1n) is 56.3. The number of methoxy groups -OCH3 is 3. The van der Waals surface area contributed by atoms with Crippen LogP contribution in [0.2, 0.25) is 0 Å². The van der Waals surface area contributed by atoms with Crippen molar-refractivity contribution in [3.63, 3.8) is 0 Å². The number of nitrogens with zero attached hydrogens (tertiary/aromatic N) is 3. The van der Waals surface area contributed by atoms with Crippen molar-refractivity contribution < 1.29 is 158 Å². The molecule has 5 N–H and O–H groups in total. The largest absolute Gasteiger partial charge is 0.493 e. The number of unbranched alkanes of at least 4 members (excludes halogenated alkanes) is 36. The third-order valence-corrected chi connectivity index (χ3v) is 25.0. The third kappa shape index (κ3) is 64.4. The molecule has 1 saturated heterocycles. The van der Waals surface area contributed by atoms with Crippen LogP contribution in [-0.2, 0) is 103 Å². The Hall–Kier alpha value is -7.93. The summed E-state index contributed by atoms with van der Waals surface area (Å²) in [5, 5.41) is 51.3. The van der Waals surface area contributed by atoms with E-state index in [1.165, 1.54) is 171 Å². The number of ether oxygens (including phenoxy) is 24. The van der Waals surface area contributed by atoms with Crippen molar-refractivity contribution in [1.29, 1.82) is 0 Å². The van der Waals surface area contributed by atoms with Crippen molar-refractivity contribution in [1.82, 2.24) is 20.3 Å². The molecule has 37 nitrogen and oxygen atoms in total. The topological polar surface area (TPSA) is 431 Å². The van der Waals surface area contributed by atoms with Gasteiger partial charge in [0, 0.05) is 39.9 Å². The number of amides is 1. The highest BCUT2D eigenvalue weighted by molar-refractivity contribution is 5.93. The van der Waals surface area contributed by atoms with Gasteiger partial charge in [0.1, 0.15) is 105 Å². The van der Waals surface area contributed by atoms with E-state index in [1.54, 1.807) is 63.9 Å². The first kappa shape index (κ1) is 133. The Bertz CT molecular complexity index is 3730. The quantitative estimate of drug-likeness (QED) is 0.0156. The van der Waals surface area contributed by atoms with E-state index in [0.29, 0.717) is 95.7 Å². The van der Waals surface area contributed by atoms with Crippen molar-refractivity contribution in [3.05, 3.63) is 77.1 Å². The number of aliphatic hydroxyl groups excluding tert-OH is 4. The van der Waals surface area contributed by atoms with Crippen LogP contribution < -0.4 is 38.5 Å². The van der Waals surface area contributed by atoms with Crippen LogP contribution in [0.25, 0.3) is 0 Å². The second-order valence-electron chi connectivity index (χ2n) is 38.0. The number of aliphatic hydroxyl groups is 4. The highest BCUT2D eigenvalue weighted by Gasteiger charge is 2.44. The first-order chi connectivity index (χ1) is 73.5. The molecule has 1 amide bonds. The number of aromatic nitrogens is 3. The predicted octanol–water partition coefficient (Wildman–Crippen LogP) is 17.8. The Labute approximate surface area is 894 Å². The van der Waals surface area contributed by atoms with Crippen molar-refractivity contribution in [2.45, 2.75) is 347 Å². The summed E-state index contributed by atoms with van der Waals surface area (Å²) in [4.78, 5) is 75.6. The summed E-state index contributed by atoms with van der Waals surface area (Å²) >= 11 is 0. The Morgan fingerprint density at radius 2 is 0.653 bits per heavy atom. The van der Waals surface area contributed by atoms with Gasteiger partial charge >= 0.3 is 23.9 Å². The zero-order valence-electron chi connectivity index (χ0n) is 92.1. The number of carbonyl (C=O) groups is 5. The molecule has 0 aliphatic carbocycles. The fourth-order valence-corrected chi connectivity index (χ4v) is 16.2. The number of esters is 4. The molecule has 1 aliphatic rings. The molecule has 5 atom stereocenters. The van der Waals surface area contributed by atoms with Gasteiger partial charge in [-0.05, 0) is 62.1 Å². The van der Waals surface area contributed by atoms with Crippen LogP contribution in [0.1, 0.15) is 334 Å². The lowest BCUT2D eigenvalue weighted by atomic mass is 9.99. The number of nitrogens with one attached hydrogen (secondary N) is 1. The molecule has 0 radical (unpaired) electrons. The molecule has 860 valence electrons. The van der Waals surface area contributed by atoms with E-state index < -0.39 is 105 Å². The van der Waals surface area contributed by atoms with Gasteiger partial charge in [-0.25, -0.2) is 19.1 Å². The van der Waals surface area contributed by atoms with Gasteiger partial charge in [-0.15, -0.1) is 5.10 Å². The van der Waals surface area contributed by atoms with Gasteiger partial charge in [0.2, 0.25) is 11.7 Å². The molecule has 0 spiro atoms. The maximum absolute atomic E-state index is 15.6. The normalized spacial score (nSPS) is 14.6. The molecule has 0 bridgehead atoms. The van der Waals surface area contributed by atoms with E-state index in [4.69, 9.17) is 114 Å². The molecule has 0 unspecified atom stereocenters. The summed E-state index contributed by atoms with van der Waals surface area (Å²) < 4.78 is 144. The summed E-state index contributed by atoms with van der Waals surface area (Å²) in [6, 6.07) is 12.5. The van der Waals surface area contributed by atoms with Crippen LogP contribution in [0, 0.1) is 0 Å². The SMILES string of the molecule is CCCCCCCCCCCCOc1cc(OCCCCCCCCCCCC)cc(C(=O)OCC(COC(=O)c2cc(OCCCCCCCCCCCC)cc(OCCCCCCCCCCCC)c2)(COC(=O)c2cc(OCCOCCOCCOC)c(OCCOCCOCCOC)c(OCCOCCOCCOC)c2)NC(=O)CCC(=O)OCc2cn(CCOCCOCCO[C@@H]3O[C@H](CO)[C@H](O)[C@H](O)[C@H]3O)nn2)c1. The minimum absolute atomic E-state index is 0.0165. The minimum Gasteiger partial charge on any atom is -0.493 e. The molecule has 2 heterocycles. The van der Waals surface area contributed by atoms with Crippen molar-refractivity contribution in [2.24, 2.45) is 0 Å². The predicted molar refractivity (Wildman–Crippen MR) is 568 cm³/mol. The molecule has 1 fully saturated rings. The average molecular weight is 2130 g/mol. The molecule has 4 aromatic rings. The van der Waals surface area contributed by atoms with Crippen molar-refractivity contribution in [2.75, 3.05) is 226 Å². The Balaban J connectivity index is 1.59.